The second-order valence-corrected chi connectivity index (χ2v) is 6.47. The Morgan fingerprint density at radius 3 is 2.40 bits per heavy atom. The Balaban J connectivity index is 2.06. The summed E-state index contributed by atoms with van der Waals surface area (Å²) in [5, 5.41) is 10.7. The van der Waals surface area contributed by atoms with Gasteiger partial charge in [0.05, 0.1) is 22.8 Å². The maximum absolute atomic E-state index is 12.7. The minimum Gasteiger partial charge on any atom is -0.462 e. The molecule has 0 saturated carbocycles. The molecule has 0 aliphatic heterocycles. The van der Waals surface area contributed by atoms with Gasteiger partial charge in [-0.2, -0.15) is 0 Å². The lowest BCUT2D eigenvalue weighted by molar-refractivity contribution is -0.384. The Morgan fingerprint density at radius 1 is 1.20 bits per heavy atom. The number of nitro benzene ring substituents is 1. The van der Waals surface area contributed by atoms with Gasteiger partial charge in [-0.3, -0.25) is 14.9 Å². The summed E-state index contributed by atoms with van der Waals surface area (Å²) in [5.74, 6) is -1.76. The lowest BCUT2D eigenvalue weighted by Gasteiger charge is -2.10. The topological polar surface area (TPSA) is 129 Å². The van der Waals surface area contributed by atoms with Crippen LogP contribution in [-0.4, -0.2) is 40.3 Å². The molecule has 1 heterocycles. The Labute approximate surface area is 172 Å². The maximum atomic E-state index is 12.7. The number of ether oxygens (including phenoxy) is 2. The number of hydrogen-bond acceptors (Lipinski definition) is 7. The largest absolute Gasteiger partial charge is 0.462 e. The van der Waals surface area contributed by atoms with E-state index in [9.17, 15) is 24.5 Å². The molecule has 0 aliphatic rings. The highest BCUT2D eigenvalue weighted by Crippen LogP contribution is 2.21. The van der Waals surface area contributed by atoms with Gasteiger partial charge in [-0.05, 0) is 57.0 Å². The fourth-order valence-electron chi connectivity index (χ4n) is 2.85. The number of aromatic amines is 1. The molecule has 0 fully saturated rings. The molecule has 1 aromatic carbocycles. The van der Waals surface area contributed by atoms with E-state index in [-0.39, 0.29) is 23.6 Å². The van der Waals surface area contributed by atoms with Gasteiger partial charge in [0.15, 0.2) is 6.10 Å². The molecule has 0 saturated heterocycles. The third kappa shape index (κ3) is 5.19. The van der Waals surface area contributed by atoms with E-state index < -0.39 is 28.7 Å². The fourth-order valence-corrected chi connectivity index (χ4v) is 2.85. The first-order valence-electron chi connectivity index (χ1n) is 9.19. The maximum Gasteiger partial charge on any atom is 0.340 e. The van der Waals surface area contributed by atoms with Crippen LogP contribution in [0.2, 0.25) is 0 Å². The second kappa shape index (κ2) is 9.64. The Kier molecular flexibility index (Phi) is 7.24. The third-order valence-corrected chi connectivity index (χ3v) is 4.34. The van der Waals surface area contributed by atoms with Crippen LogP contribution in [0.15, 0.2) is 30.3 Å². The molecule has 0 aliphatic carbocycles. The number of nitrogens with zero attached hydrogens (tertiary/aromatic N) is 1. The van der Waals surface area contributed by atoms with Crippen LogP contribution in [0.3, 0.4) is 0 Å². The van der Waals surface area contributed by atoms with E-state index in [2.05, 4.69) is 4.98 Å². The van der Waals surface area contributed by atoms with Crippen molar-refractivity contribution >= 4 is 29.5 Å². The number of ketones is 1. The smallest absolute Gasteiger partial charge is 0.340 e. The summed E-state index contributed by atoms with van der Waals surface area (Å²) >= 11 is 0. The first-order valence-corrected chi connectivity index (χ1v) is 9.19. The first-order chi connectivity index (χ1) is 14.1. The molecule has 0 unspecified atom stereocenters. The number of hydrogen-bond donors (Lipinski definition) is 1. The van der Waals surface area contributed by atoms with Crippen molar-refractivity contribution in [2.75, 3.05) is 6.61 Å². The number of rotatable bonds is 8. The van der Waals surface area contributed by atoms with E-state index in [1.54, 1.807) is 20.8 Å². The molecule has 1 aromatic heterocycles. The zero-order valence-electron chi connectivity index (χ0n) is 17.1. The summed E-state index contributed by atoms with van der Waals surface area (Å²) in [6.07, 6.45) is 1.46. The van der Waals surface area contributed by atoms with Crippen LogP contribution in [-0.2, 0) is 14.3 Å². The average molecular weight is 414 g/mol. The Bertz CT molecular complexity index is 1000. The first kappa shape index (κ1) is 22.5. The van der Waals surface area contributed by atoms with E-state index in [0.29, 0.717) is 16.8 Å². The number of carbonyl (C=O) groups is 3. The number of aromatic nitrogens is 1. The summed E-state index contributed by atoms with van der Waals surface area (Å²) in [7, 11) is 0. The van der Waals surface area contributed by atoms with Crippen LogP contribution in [0.4, 0.5) is 5.69 Å². The van der Waals surface area contributed by atoms with Crippen molar-refractivity contribution in [1.82, 2.24) is 4.98 Å². The van der Waals surface area contributed by atoms with E-state index in [1.807, 2.05) is 0 Å². The van der Waals surface area contributed by atoms with E-state index >= 15 is 0 Å². The zero-order valence-corrected chi connectivity index (χ0v) is 17.1. The Hall–Kier alpha value is -3.75. The number of esters is 2. The number of nitro groups is 1. The molecule has 1 N–H and O–H groups in total. The summed E-state index contributed by atoms with van der Waals surface area (Å²) in [6, 6.07) is 5.60. The van der Waals surface area contributed by atoms with Gasteiger partial charge < -0.3 is 14.5 Å². The van der Waals surface area contributed by atoms with Gasteiger partial charge in [-0.15, -0.1) is 0 Å². The molecule has 2 rings (SSSR count). The molecule has 158 valence electrons. The summed E-state index contributed by atoms with van der Waals surface area (Å²) in [5.41, 5.74) is 1.89. The number of nitrogens with one attached hydrogen (secondary N) is 1. The molecule has 0 spiro atoms. The lowest BCUT2D eigenvalue weighted by atomic mass is 10.1. The predicted octanol–water partition coefficient (Wildman–Crippen LogP) is 3.54. The minimum atomic E-state index is -1.09. The predicted molar refractivity (Wildman–Crippen MR) is 108 cm³/mol. The number of H-pyrrole nitrogens is 1. The molecule has 9 nitrogen and oxygen atoms in total. The summed E-state index contributed by atoms with van der Waals surface area (Å²) in [4.78, 5) is 49.8. The van der Waals surface area contributed by atoms with Crippen LogP contribution in [0, 0.1) is 24.0 Å². The number of non-ortho nitro benzene ring substituents is 1. The average Bonchev–Trinajstić information content (AvgIpc) is 3.00. The number of Topliss-reactive ketones (excluding diaryl/α,β-unsaturated/α-hetero) is 1. The molecule has 0 amide bonds. The molecule has 9 heteroatoms. The van der Waals surface area contributed by atoms with Crippen LogP contribution in [0.5, 0.6) is 0 Å². The van der Waals surface area contributed by atoms with Crippen molar-refractivity contribution in [1.29, 1.82) is 0 Å². The highest BCUT2D eigenvalue weighted by Gasteiger charge is 2.27. The van der Waals surface area contributed by atoms with Crippen LogP contribution in [0.1, 0.15) is 51.5 Å². The van der Waals surface area contributed by atoms with Gasteiger partial charge in [0.2, 0.25) is 5.78 Å². The standard InChI is InChI=1S/C21H22N2O7/c1-5-29-21(26)18-12(2)19(22-13(18)3)20(25)14(4)30-17(24)11-8-15-6-9-16(10-7-15)23(27)28/h6-11,14,22H,5H2,1-4H3/b11-8+/t14-/m0/s1. The van der Waals surface area contributed by atoms with Gasteiger partial charge in [0.1, 0.15) is 0 Å². The normalized spacial score (nSPS) is 11.9. The summed E-state index contributed by atoms with van der Waals surface area (Å²) in [6.45, 7) is 6.60. The van der Waals surface area contributed by atoms with Crippen molar-refractivity contribution in [3.05, 3.63) is 68.5 Å². The van der Waals surface area contributed by atoms with Gasteiger partial charge in [0.25, 0.3) is 5.69 Å². The van der Waals surface area contributed by atoms with Crippen molar-refractivity contribution in [3.63, 3.8) is 0 Å². The highest BCUT2D eigenvalue weighted by molar-refractivity contribution is 6.04. The second-order valence-electron chi connectivity index (χ2n) is 6.47. The van der Waals surface area contributed by atoms with E-state index in [0.717, 1.165) is 6.08 Å². The zero-order chi connectivity index (χ0) is 22.4. The molecule has 0 bridgehead atoms. The molecular weight excluding hydrogens is 392 g/mol. The van der Waals surface area contributed by atoms with Crippen molar-refractivity contribution in [3.8, 4) is 0 Å². The van der Waals surface area contributed by atoms with Crippen LogP contribution < -0.4 is 0 Å². The molecular formula is C21H22N2O7. The van der Waals surface area contributed by atoms with Crippen LogP contribution in [0.25, 0.3) is 6.08 Å². The van der Waals surface area contributed by atoms with E-state index in [4.69, 9.17) is 9.47 Å². The molecule has 0 radical (unpaired) electrons. The highest BCUT2D eigenvalue weighted by atomic mass is 16.6. The van der Waals surface area contributed by atoms with Gasteiger partial charge in [0, 0.05) is 23.9 Å². The van der Waals surface area contributed by atoms with Gasteiger partial charge in [-0.25, -0.2) is 9.59 Å². The third-order valence-electron chi connectivity index (χ3n) is 4.34. The molecule has 2 aromatic rings. The Morgan fingerprint density at radius 2 is 1.83 bits per heavy atom. The SMILES string of the molecule is CCOC(=O)c1c(C)[nH]c(C(=O)[C@H](C)OC(=O)/C=C/c2ccc([N+](=O)[O-])cc2)c1C. The van der Waals surface area contributed by atoms with Crippen molar-refractivity contribution in [2.45, 2.75) is 33.8 Å². The molecule has 1 atom stereocenters. The van der Waals surface area contributed by atoms with Crippen molar-refractivity contribution < 1.29 is 28.8 Å². The number of aryl methyl sites for hydroxylation is 1. The van der Waals surface area contributed by atoms with Crippen LogP contribution >= 0.6 is 0 Å². The van der Waals surface area contributed by atoms with Gasteiger partial charge >= 0.3 is 11.9 Å². The monoisotopic (exact) mass is 414 g/mol. The number of benzene rings is 1. The minimum absolute atomic E-state index is 0.0623. The summed E-state index contributed by atoms with van der Waals surface area (Å²) < 4.78 is 10.1. The van der Waals surface area contributed by atoms with Gasteiger partial charge in [-0.1, -0.05) is 0 Å². The molecule has 30 heavy (non-hydrogen) atoms. The van der Waals surface area contributed by atoms with Crippen molar-refractivity contribution in [2.24, 2.45) is 0 Å². The fraction of sp³-hybridized carbons (Fsp3) is 0.286. The van der Waals surface area contributed by atoms with E-state index in [1.165, 1.54) is 37.3 Å². The quantitative estimate of drug-likeness (QED) is 0.230. The lowest BCUT2D eigenvalue weighted by Crippen LogP contribution is -2.24. The number of carbonyl (C=O) groups excluding carboxylic acids is 3.